The van der Waals surface area contributed by atoms with Gasteiger partial charge in [-0.3, -0.25) is 4.79 Å². The third-order valence-corrected chi connectivity index (χ3v) is 1.36. The van der Waals surface area contributed by atoms with Gasteiger partial charge in [-0.1, -0.05) is 18.7 Å². The lowest BCUT2D eigenvalue weighted by molar-refractivity contribution is -0.108. The van der Waals surface area contributed by atoms with Crippen LogP contribution in [0.15, 0.2) is 36.1 Å². The topological polar surface area (TPSA) is 29.1 Å². The standard InChI is InChI=1S/C9H13NO/c1-4-6-9(10-7-11)8(3)5-2/h4-7H,1H2,2-3H3,(H,10,11)/b8-5-,9-6+. The molecule has 0 aliphatic rings. The zero-order valence-electron chi connectivity index (χ0n) is 6.92. The molecule has 0 aromatic carbocycles. The molecule has 60 valence electrons. The highest BCUT2D eigenvalue weighted by atomic mass is 16.1. The summed E-state index contributed by atoms with van der Waals surface area (Å²) in [5, 5.41) is 2.58. The van der Waals surface area contributed by atoms with Gasteiger partial charge < -0.3 is 5.32 Å². The van der Waals surface area contributed by atoms with E-state index in [0.29, 0.717) is 6.41 Å². The van der Waals surface area contributed by atoms with Crippen LogP contribution in [0, 0.1) is 0 Å². The lowest BCUT2D eigenvalue weighted by Crippen LogP contribution is -2.10. The molecule has 2 heteroatoms. The highest BCUT2D eigenvalue weighted by molar-refractivity contribution is 5.53. The molecule has 0 aromatic heterocycles. The molecule has 0 unspecified atom stereocenters. The lowest BCUT2D eigenvalue weighted by atomic mass is 10.2. The van der Waals surface area contributed by atoms with Gasteiger partial charge in [0.15, 0.2) is 0 Å². The lowest BCUT2D eigenvalue weighted by Gasteiger charge is -2.03. The molecule has 0 aliphatic heterocycles. The number of allylic oxidation sites excluding steroid dienone is 4. The minimum atomic E-state index is 0.655. The van der Waals surface area contributed by atoms with Crippen LogP contribution < -0.4 is 5.32 Å². The summed E-state index contributed by atoms with van der Waals surface area (Å²) in [6.07, 6.45) is 5.97. The van der Waals surface area contributed by atoms with E-state index >= 15 is 0 Å². The number of nitrogens with one attached hydrogen (secondary N) is 1. The molecule has 2 nitrogen and oxygen atoms in total. The minimum absolute atomic E-state index is 0.655. The van der Waals surface area contributed by atoms with Crippen molar-refractivity contribution >= 4 is 6.41 Å². The van der Waals surface area contributed by atoms with Gasteiger partial charge in [0.1, 0.15) is 0 Å². The van der Waals surface area contributed by atoms with Crippen molar-refractivity contribution in [2.45, 2.75) is 13.8 Å². The highest BCUT2D eigenvalue weighted by Crippen LogP contribution is 2.03. The predicted octanol–water partition coefficient (Wildman–Crippen LogP) is 1.77. The second kappa shape index (κ2) is 5.47. The Morgan fingerprint density at radius 1 is 1.55 bits per heavy atom. The van der Waals surface area contributed by atoms with Gasteiger partial charge >= 0.3 is 0 Å². The molecule has 1 amide bonds. The maximum absolute atomic E-state index is 10.1. The largest absolute Gasteiger partial charge is 0.328 e. The zero-order valence-corrected chi connectivity index (χ0v) is 6.92. The number of carbonyl (C=O) groups is 1. The van der Waals surface area contributed by atoms with Crippen LogP contribution in [0.5, 0.6) is 0 Å². The molecule has 0 rings (SSSR count). The molecule has 11 heavy (non-hydrogen) atoms. The van der Waals surface area contributed by atoms with Crippen molar-refractivity contribution in [2.75, 3.05) is 0 Å². The van der Waals surface area contributed by atoms with E-state index in [0.717, 1.165) is 11.3 Å². The van der Waals surface area contributed by atoms with Gasteiger partial charge in [-0.05, 0) is 25.5 Å². The van der Waals surface area contributed by atoms with Gasteiger partial charge in [-0.25, -0.2) is 0 Å². The van der Waals surface area contributed by atoms with Gasteiger partial charge in [-0.15, -0.1) is 0 Å². The van der Waals surface area contributed by atoms with E-state index in [1.54, 1.807) is 12.2 Å². The molecule has 0 aromatic rings. The number of hydrogen-bond acceptors (Lipinski definition) is 1. The van der Waals surface area contributed by atoms with Crippen LogP contribution in [-0.4, -0.2) is 6.41 Å². The van der Waals surface area contributed by atoms with Crippen molar-refractivity contribution in [1.29, 1.82) is 0 Å². The third-order valence-electron chi connectivity index (χ3n) is 1.36. The first kappa shape index (κ1) is 9.69. The number of rotatable bonds is 4. The fourth-order valence-electron chi connectivity index (χ4n) is 0.630. The third kappa shape index (κ3) is 3.40. The summed E-state index contributed by atoms with van der Waals surface area (Å²) >= 11 is 0. The molecule has 0 heterocycles. The molecular weight excluding hydrogens is 138 g/mol. The van der Waals surface area contributed by atoms with Crippen LogP contribution in [-0.2, 0) is 4.79 Å². The quantitative estimate of drug-likeness (QED) is 0.481. The Labute approximate surface area is 67.3 Å². The molecule has 1 N–H and O–H groups in total. The Hall–Kier alpha value is -1.31. The molecule has 0 atom stereocenters. The van der Waals surface area contributed by atoms with E-state index in [4.69, 9.17) is 0 Å². The van der Waals surface area contributed by atoms with Gasteiger partial charge in [0.25, 0.3) is 0 Å². The summed E-state index contributed by atoms with van der Waals surface area (Å²) < 4.78 is 0. The maximum Gasteiger partial charge on any atom is 0.211 e. The molecule has 0 bridgehead atoms. The first-order valence-electron chi connectivity index (χ1n) is 3.42. The molecule has 0 saturated carbocycles. The number of hydrogen-bond donors (Lipinski definition) is 1. The monoisotopic (exact) mass is 151 g/mol. The van der Waals surface area contributed by atoms with Gasteiger partial charge in [0.2, 0.25) is 6.41 Å². The summed E-state index contributed by atoms with van der Waals surface area (Å²) in [4.78, 5) is 10.1. The van der Waals surface area contributed by atoms with Crippen LogP contribution >= 0.6 is 0 Å². The van der Waals surface area contributed by atoms with E-state index in [-0.39, 0.29) is 0 Å². The second-order valence-corrected chi connectivity index (χ2v) is 2.05. The molecule has 0 saturated heterocycles. The summed E-state index contributed by atoms with van der Waals surface area (Å²) in [5.74, 6) is 0. The summed E-state index contributed by atoms with van der Waals surface area (Å²) in [7, 11) is 0. The van der Waals surface area contributed by atoms with Crippen molar-refractivity contribution in [3.8, 4) is 0 Å². The average Bonchev–Trinajstić information content (AvgIpc) is 2.03. The predicted molar refractivity (Wildman–Crippen MR) is 46.9 cm³/mol. The fourth-order valence-corrected chi connectivity index (χ4v) is 0.630. The first-order valence-corrected chi connectivity index (χ1v) is 3.42. The Morgan fingerprint density at radius 3 is 2.55 bits per heavy atom. The van der Waals surface area contributed by atoms with Crippen molar-refractivity contribution in [3.63, 3.8) is 0 Å². The van der Waals surface area contributed by atoms with E-state index in [1.165, 1.54) is 0 Å². The second-order valence-electron chi connectivity index (χ2n) is 2.05. The van der Waals surface area contributed by atoms with Gasteiger partial charge in [0.05, 0.1) is 0 Å². The smallest absolute Gasteiger partial charge is 0.211 e. The van der Waals surface area contributed by atoms with Gasteiger partial charge in [-0.2, -0.15) is 0 Å². The van der Waals surface area contributed by atoms with E-state index in [9.17, 15) is 4.79 Å². The summed E-state index contributed by atoms with van der Waals surface area (Å²) in [5.41, 5.74) is 1.81. The molecule has 0 fully saturated rings. The van der Waals surface area contributed by atoms with Crippen molar-refractivity contribution in [2.24, 2.45) is 0 Å². The Bertz CT molecular complexity index is 202. The summed E-state index contributed by atoms with van der Waals surface area (Å²) in [6, 6.07) is 0. The maximum atomic E-state index is 10.1. The number of amides is 1. The Morgan fingerprint density at radius 2 is 2.18 bits per heavy atom. The Balaban J connectivity index is 4.45. The molecule has 0 spiro atoms. The first-order chi connectivity index (χ1) is 5.26. The average molecular weight is 151 g/mol. The highest BCUT2D eigenvalue weighted by Gasteiger charge is 1.93. The van der Waals surface area contributed by atoms with Crippen molar-refractivity contribution in [3.05, 3.63) is 36.1 Å². The van der Waals surface area contributed by atoms with E-state index < -0.39 is 0 Å². The zero-order chi connectivity index (χ0) is 8.69. The molecule has 0 aliphatic carbocycles. The molecule has 0 radical (unpaired) electrons. The van der Waals surface area contributed by atoms with Crippen LogP contribution in [0.4, 0.5) is 0 Å². The van der Waals surface area contributed by atoms with Crippen molar-refractivity contribution in [1.82, 2.24) is 5.32 Å². The van der Waals surface area contributed by atoms with Crippen LogP contribution in [0.2, 0.25) is 0 Å². The van der Waals surface area contributed by atoms with Crippen LogP contribution in [0.25, 0.3) is 0 Å². The Kier molecular flexibility index (Phi) is 4.82. The fraction of sp³-hybridized carbons (Fsp3) is 0.222. The number of carbonyl (C=O) groups excluding carboxylic acids is 1. The molecular formula is C9H13NO. The van der Waals surface area contributed by atoms with E-state index in [1.807, 2.05) is 19.9 Å². The minimum Gasteiger partial charge on any atom is -0.328 e. The van der Waals surface area contributed by atoms with Gasteiger partial charge in [0, 0.05) is 5.70 Å². The SMILES string of the molecule is C=C/C=C(NC=O)\C(C)=C/C. The van der Waals surface area contributed by atoms with Crippen LogP contribution in [0.3, 0.4) is 0 Å². The van der Waals surface area contributed by atoms with E-state index in [2.05, 4.69) is 11.9 Å². The summed E-state index contributed by atoms with van der Waals surface area (Å²) in [6.45, 7) is 7.38. The van der Waals surface area contributed by atoms with Crippen molar-refractivity contribution < 1.29 is 4.79 Å². The van der Waals surface area contributed by atoms with Crippen LogP contribution in [0.1, 0.15) is 13.8 Å². The normalized spacial score (nSPS) is 12.5.